The molecule has 2 heterocycles. The van der Waals surface area contributed by atoms with E-state index in [0.717, 1.165) is 29.2 Å². The van der Waals surface area contributed by atoms with Crippen LogP contribution in [-0.4, -0.2) is 23.6 Å². The highest BCUT2D eigenvalue weighted by Crippen LogP contribution is 2.44. The molecular weight excluding hydrogens is 439 g/mol. The Morgan fingerprint density at radius 1 is 0.879 bits per heavy atom. The number of hydrogen-bond acceptors (Lipinski definition) is 5. The van der Waals surface area contributed by atoms with Crippen molar-refractivity contribution in [2.75, 3.05) is 11.7 Å². The van der Waals surface area contributed by atoms with Crippen LogP contribution >= 0.6 is 0 Å². The molecule has 166 valence electrons. The molecule has 1 saturated heterocycles. The predicted octanol–water partition coefficient (Wildman–Crippen LogP) is 4.46. The number of fused-ring (bicyclic) bond motifs is 1. The molecule has 2 aliphatic rings. The minimum Gasteiger partial charge on any atom is -0.507 e. The van der Waals surface area contributed by atoms with E-state index in [1.165, 1.54) is 30.3 Å². The normalized spacial score (nSPS) is 18.8. The third-order valence-corrected chi connectivity index (χ3v) is 5.45. The fraction of sp³-hybridized carbons (Fsp3) is 0.0833. The molecule has 33 heavy (non-hydrogen) atoms. The maximum absolute atomic E-state index is 14.6. The van der Waals surface area contributed by atoms with Crippen molar-refractivity contribution in [3.63, 3.8) is 0 Å². The summed E-state index contributed by atoms with van der Waals surface area (Å²) in [5.74, 6) is -4.49. The van der Waals surface area contributed by atoms with Gasteiger partial charge in [0.05, 0.1) is 17.3 Å². The Morgan fingerprint density at radius 3 is 2.30 bits per heavy atom. The Hall–Kier alpha value is -4.27. The van der Waals surface area contributed by atoms with Gasteiger partial charge in [-0.2, -0.15) is 0 Å². The number of aliphatic hydroxyl groups excluding tert-OH is 1. The minimum absolute atomic E-state index is 0.0106. The first-order valence-corrected chi connectivity index (χ1v) is 9.76. The lowest BCUT2D eigenvalue weighted by Gasteiger charge is -2.25. The number of ether oxygens (including phenoxy) is 2. The zero-order chi connectivity index (χ0) is 23.3. The van der Waals surface area contributed by atoms with E-state index in [1.807, 2.05) is 0 Å². The number of anilines is 1. The van der Waals surface area contributed by atoms with Gasteiger partial charge in [0.1, 0.15) is 23.2 Å². The van der Waals surface area contributed by atoms with Crippen molar-refractivity contribution in [3.8, 4) is 11.5 Å². The Bertz CT molecular complexity index is 1340. The number of aliphatic hydroxyl groups is 1. The molecule has 3 aromatic rings. The summed E-state index contributed by atoms with van der Waals surface area (Å²) in [6.45, 7) is -0.0106. The fourth-order valence-electron chi connectivity index (χ4n) is 3.92. The molecule has 1 atom stereocenters. The Balaban J connectivity index is 1.72. The van der Waals surface area contributed by atoms with Gasteiger partial charge in [0.2, 0.25) is 6.79 Å². The third-order valence-electron chi connectivity index (χ3n) is 5.45. The number of ketones is 1. The van der Waals surface area contributed by atoms with E-state index in [4.69, 9.17) is 9.47 Å². The summed E-state index contributed by atoms with van der Waals surface area (Å²) in [4.78, 5) is 26.8. The second-order valence-electron chi connectivity index (χ2n) is 7.38. The van der Waals surface area contributed by atoms with Gasteiger partial charge in [0.15, 0.2) is 11.5 Å². The van der Waals surface area contributed by atoms with Crippen LogP contribution in [0, 0.1) is 17.5 Å². The van der Waals surface area contributed by atoms with Gasteiger partial charge in [-0.05, 0) is 48.0 Å². The van der Waals surface area contributed by atoms with E-state index in [9.17, 15) is 27.9 Å². The standard InChI is InChI=1S/C24H14F3NO5/c25-14-4-1-12(2-5-14)21-20(22(29)13-3-8-18-19(9-13)33-11-32-18)23(30)24(31)28(21)17-7-6-15(26)10-16(17)27/h1-10,21,29H,11H2/b22-20-. The lowest BCUT2D eigenvalue weighted by molar-refractivity contribution is -0.132. The van der Waals surface area contributed by atoms with Crippen LogP contribution in [0.15, 0.2) is 66.2 Å². The maximum Gasteiger partial charge on any atom is 0.300 e. The summed E-state index contributed by atoms with van der Waals surface area (Å²) in [6.07, 6.45) is 0. The maximum atomic E-state index is 14.6. The van der Waals surface area contributed by atoms with Crippen LogP contribution < -0.4 is 14.4 Å². The van der Waals surface area contributed by atoms with Crippen LogP contribution in [0.25, 0.3) is 5.76 Å². The number of carbonyl (C=O) groups excluding carboxylic acids is 2. The fourth-order valence-corrected chi connectivity index (χ4v) is 3.92. The van der Waals surface area contributed by atoms with Gasteiger partial charge in [0.25, 0.3) is 11.7 Å². The van der Waals surface area contributed by atoms with Gasteiger partial charge in [-0.3, -0.25) is 14.5 Å². The number of amides is 1. The van der Waals surface area contributed by atoms with Gasteiger partial charge in [-0.15, -0.1) is 0 Å². The zero-order valence-electron chi connectivity index (χ0n) is 16.7. The lowest BCUT2D eigenvalue weighted by atomic mass is 9.95. The molecule has 2 aliphatic heterocycles. The zero-order valence-corrected chi connectivity index (χ0v) is 16.7. The molecule has 1 fully saturated rings. The van der Waals surface area contributed by atoms with Crippen molar-refractivity contribution >= 4 is 23.1 Å². The van der Waals surface area contributed by atoms with Crippen molar-refractivity contribution in [2.45, 2.75) is 6.04 Å². The molecule has 1 N–H and O–H groups in total. The van der Waals surface area contributed by atoms with E-state index in [2.05, 4.69) is 0 Å². The quantitative estimate of drug-likeness (QED) is 0.360. The highest BCUT2D eigenvalue weighted by Gasteiger charge is 2.47. The highest BCUT2D eigenvalue weighted by atomic mass is 19.1. The molecule has 9 heteroatoms. The molecule has 0 bridgehead atoms. The monoisotopic (exact) mass is 453 g/mol. The predicted molar refractivity (Wildman–Crippen MR) is 110 cm³/mol. The average molecular weight is 453 g/mol. The second-order valence-corrected chi connectivity index (χ2v) is 7.38. The number of halogens is 3. The molecule has 3 aromatic carbocycles. The first-order chi connectivity index (χ1) is 15.8. The lowest BCUT2D eigenvalue weighted by Crippen LogP contribution is -2.30. The summed E-state index contributed by atoms with van der Waals surface area (Å²) >= 11 is 0. The number of benzene rings is 3. The topological polar surface area (TPSA) is 76.1 Å². The van der Waals surface area contributed by atoms with Crippen LogP contribution in [0.3, 0.4) is 0 Å². The van der Waals surface area contributed by atoms with Crippen molar-refractivity contribution in [1.29, 1.82) is 0 Å². The van der Waals surface area contributed by atoms with Gasteiger partial charge in [-0.25, -0.2) is 13.2 Å². The number of nitrogens with zero attached hydrogens (tertiary/aromatic N) is 1. The molecule has 1 unspecified atom stereocenters. The number of carbonyl (C=O) groups is 2. The molecule has 6 nitrogen and oxygen atoms in total. The Labute approximate surface area is 185 Å². The first-order valence-electron chi connectivity index (χ1n) is 9.76. The summed E-state index contributed by atoms with van der Waals surface area (Å²) in [5, 5.41) is 11.1. The van der Waals surface area contributed by atoms with E-state index in [-0.39, 0.29) is 29.2 Å². The van der Waals surface area contributed by atoms with Crippen molar-refractivity contribution in [1.82, 2.24) is 0 Å². The van der Waals surface area contributed by atoms with Crippen molar-refractivity contribution in [3.05, 3.63) is 94.8 Å². The van der Waals surface area contributed by atoms with Gasteiger partial charge in [0, 0.05) is 11.6 Å². The van der Waals surface area contributed by atoms with Gasteiger partial charge < -0.3 is 14.6 Å². The molecule has 0 aliphatic carbocycles. The summed E-state index contributed by atoms with van der Waals surface area (Å²) in [7, 11) is 0. The SMILES string of the molecule is O=C1C(=O)N(c2ccc(F)cc2F)C(c2ccc(F)cc2)/C1=C(/O)c1ccc2c(c1)OCO2. The molecule has 5 rings (SSSR count). The molecular formula is C24H14F3NO5. The van der Waals surface area contributed by atoms with Crippen molar-refractivity contribution < 1.29 is 37.3 Å². The van der Waals surface area contributed by atoms with E-state index in [0.29, 0.717) is 17.6 Å². The third kappa shape index (κ3) is 3.38. The molecule has 0 saturated carbocycles. The number of Topliss-reactive ketones (excluding diaryl/α,β-unsaturated/α-hetero) is 1. The Morgan fingerprint density at radius 2 is 1.58 bits per heavy atom. The first kappa shape index (κ1) is 20.6. The van der Waals surface area contributed by atoms with Crippen molar-refractivity contribution in [2.24, 2.45) is 0 Å². The van der Waals surface area contributed by atoms with Gasteiger partial charge >= 0.3 is 0 Å². The minimum atomic E-state index is -1.30. The second kappa shape index (κ2) is 7.70. The molecule has 1 amide bonds. The number of hydrogen-bond donors (Lipinski definition) is 1. The van der Waals surface area contributed by atoms with Crippen LogP contribution in [-0.2, 0) is 9.59 Å². The Kier molecular flexibility index (Phi) is 4.81. The molecule has 0 radical (unpaired) electrons. The highest BCUT2D eigenvalue weighted by molar-refractivity contribution is 6.51. The van der Waals surface area contributed by atoms with E-state index < -0.39 is 40.9 Å². The summed E-state index contributed by atoms with van der Waals surface area (Å²) in [5.41, 5.74) is -0.308. The summed E-state index contributed by atoms with van der Waals surface area (Å²) in [6, 6.07) is 10.5. The number of rotatable bonds is 3. The largest absolute Gasteiger partial charge is 0.507 e. The molecule has 0 aromatic heterocycles. The summed E-state index contributed by atoms with van der Waals surface area (Å²) < 4.78 is 52.2. The van der Waals surface area contributed by atoms with Crippen LogP contribution in [0.2, 0.25) is 0 Å². The van der Waals surface area contributed by atoms with Crippen LogP contribution in [0.1, 0.15) is 17.2 Å². The molecule has 0 spiro atoms. The van der Waals surface area contributed by atoms with E-state index in [1.54, 1.807) is 0 Å². The van der Waals surface area contributed by atoms with E-state index >= 15 is 0 Å². The van der Waals surface area contributed by atoms with Crippen LogP contribution in [0.4, 0.5) is 18.9 Å². The van der Waals surface area contributed by atoms with Crippen LogP contribution in [0.5, 0.6) is 11.5 Å². The average Bonchev–Trinajstić information content (AvgIpc) is 3.36. The smallest absolute Gasteiger partial charge is 0.300 e. The van der Waals surface area contributed by atoms with Gasteiger partial charge in [-0.1, -0.05) is 12.1 Å².